The summed E-state index contributed by atoms with van der Waals surface area (Å²) >= 11 is 0. The maximum atomic E-state index is 12.4. The lowest BCUT2D eigenvalue weighted by molar-refractivity contribution is 0.0207. The number of hydrogen-bond donors (Lipinski definition) is 1. The SMILES string of the molecule is CC/C=C(\C=NCOCC(F)F)CN1Cc2c(ccnc2N)C1=O. The van der Waals surface area contributed by atoms with Gasteiger partial charge in [-0.2, -0.15) is 0 Å². The summed E-state index contributed by atoms with van der Waals surface area (Å²) in [7, 11) is 0. The van der Waals surface area contributed by atoms with Crippen LogP contribution in [0.15, 0.2) is 28.9 Å². The maximum absolute atomic E-state index is 12.4. The molecule has 0 atom stereocenters. The third-order valence-corrected chi connectivity index (χ3v) is 3.46. The van der Waals surface area contributed by atoms with Crippen LogP contribution in [0.5, 0.6) is 0 Å². The molecule has 2 heterocycles. The van der Waals surface area contributed by atoms with Gasteiger partial charge in [-0.1, -0.05) is 13.0 Å². The molecule has 1 aromatic heterocycles. The molecule has 0 aliphatic carbocycles. The van der Waals surface area contributed by atoms with Crippen LogP contribution in [0.4, 0.5) is 14.6 Å². The van der Waals surface area contributed by atoms with Crippen molar-refractivity contribution in [2.45, 2.75) is 26.3 Å². The fourth-order valence-electron chi connectivity index (χ4n) is 2.43. The van der Waals surface area contributed by atoms with Crippen LogP contribution < -0.4 is 5.73 Å². The Morgan fingerprint density at radius 1 is 1.58 bits per heavy atom. The van der Waals surface area contributed by atoms with Gasteiger partial charge < -0.3 is 15.4 Å². The summed E-state index contributed by atoms with van der Waals surface area (Å²) in [5.74, 6) is 0.252. The number of hydrogen-bond acceptors (Lipinski definition) is 5. The van der Waals surface area contributed by atoms with Crippen molar-refractivity contribution >= 4 is 17.9 Å². The summed E-state index contributed by atoms with van der Waals surface area (Å²) in [5.41, 5.74) is 7.92. The van der Waals surface area contributed by atoms with Crippen molar-refractivity contribution < 1.29 is 18.3 Å². The lowest BCUT2D eigenvalue weighted by atomic mass is 10.2. The molecular weight excluding hydrogens is 318 g/mol. The number of nitrogen functional groups attached to an aromatic ring is 1. The zero-order valence-corrected chi connectivity index (χ0v) is 13.4. The lowest BCUT2D eigenvalue weighted by Gasteiger charge is -2.16. The van der Waals surface area contributed by atoms with Crippen molar-refractivity contribution in [3.05, 3.63) is 35.0 Å². The monoisotopic (exact) mass is 338 g/mol. The minimum Gasteiger partial charge on any atom is -0.383 e. The van der Waals surface area contributed by atoms with E-state index >= 15 is 0 Å². The van der Waals surface area contributed by atoms with Crippen LogP contribution in [0, 0.1) is 0 Å². The summed E-state index contributed by atoms with van der Waals surface area (Å²) in [4.78, 5) is 22.0. The summed E-state index contributed by atoms with van der Waals surface area (Å²) in [5, 5.41) is 0. The highest BCUT2D eigenvalue weighted by Crippen LogP contribution is 2.26. The van der Waals surface area contributed by atoms with Crippen LogP contribution in [0.1, 0.15) is 29.3 Å². The first-order valence-corrected chi connectivity index (χ1v) is 7.60. The van der Waals surface area contributed by atoms with Gasteiger partial charge in [0.25, 0.3) is 12.3 Å². The standard InChI is InChI=1S/C16H20F2N4O2/c1-2-3-11(6-20-10-24-9-14(17)18)7-22-8-13-12(16(22)23)4-5-21-15(13)19/h3-6,14H,2,7-10H2,1H3,(H2,19,21)/b11-3+,20-6?. The van der Waals surface area contributed by atoms with E-state index in [9.17, 15) is 13.6 Å². The van der Waals surface area contributed by atoms with E-state index in [0.29, 0.717) is 24.5 Å². The molecule has 1 amide bonds. The predicted molar refractivity (Wildman–Crippen MR) is 87.1 cm³/mol. The smallest absolute Gasteiger partial charge is 0.261 e. The molecule has 2 N–H and O–H groups in total. The molecule has 24 heavy (non-hydrogen) atoms. The predicted octanol–water partition coefficient (Wildman–Crippen LogP) is 2.27. The van der Waals surface area contributed by atoms with Gasteiger partial charge in [-0.25, -0.2) is 13.8 Å². The number of aromatic nitrogens is 1. The Hall–Kier alpha value is -2.35. The fourth-order valence-corrected chi connectivity index (χ4v) is 2.43. The number of nitrogens with zero attached hydrogens (tertiary/aromatic N) is 3. The topological polar surface area (TPSA) is 80.8 Å². The number of nitrogens with two attached hydrogens (primary N) is 1. The Kier molecular flexibility index (Phi) is 6.36. The number of carbonyl (C=O) groups is 1. The second kappa shape index (κ2) is 8.49. The summed E-state index contributed by atoms with van der Waals surface area (Å²) in [6.07, 6.45) is 3.24. The second-order valence-corrected chi connectivity index (χ2v) is 5.27. The molecule has 0 aromatic carbocycles. The maximum Gasteiger partial charge on any atom is 0.261 e. The Morgan fingerprint density at radius 2 is 2.38 bits per heavy atom. The van der Waals surface area contributed by atoms with Gasteiger partial charge in [-0.3, -0.25) is 9.79 Å². The number of anilines is 1. The van der Waals surface area contributed by atoms with Gasteiger partial charge in [-0.05, 0) is 18.1 Å². The van der Waals surface area contributed by atoms with Crippen molar-refractivity contribution in [2.24, 2.45) is 4.99 Å². The number of aliphatic imine (C=N–C) groups is 1. The Bertz CT molecular complexity index is 647. The molecule has 0 unspecified atom stereocenters. The molecule has 1 aliphatic heterocycles. The molecule has 1 aromatic rings. The lowest BCUT2D eigenvalue weighted by Crippen LogP contribution is -2.26. The highest BCUT2D eigenvalue weighted by Gasteiger charge is 2.29. The zero-order valence-electron chi connectivity index (χ0n) is 13.4. The van der Waals surface area contributed by atoms with Crippen LogP contribution in [-0.2, 0) is 11.3 Å². The molecule has 1 aliphatic rings. The molecule has 0 radical (unpaired) electrons. The van der Waals surface area contributed by atoms with Crippen LogP contribution >= 0.6 is 0 Å². The molecule has 8 heteroatoms. The largest absolute Gasteiger partial charge is 0.383 e. The van der Waals surface area contributed by atoms with E-state index in [1.165, 1.54) is 6.20 Å². The number of rotatable bonds is 8. The highest BCUT2D eigenvalue weighted by atomic mass is 19.3. The third-order valence-electron chi connectivity index (χ3n) is 3.46. The number of ether oxygens (including phenoxy) is 1. The molecule has 2 rings (SSSR count). The van der Waals surface area contributed by atoms with Gasteiger partial charge >= 0.3 is 0 Å². The van der Waals surface area contributed by atoms with E-state index in [4.69, 9.17) is 10.5 Å². The van der Waals surface area contributed by atoms with E-state index < -0.39 is 13.0 Å². The molecule has 0 bridgehead atoms. The van der Waals surface area contributed by atoms with E-state index in [2.05, 4.69) is 9.98 Å². The van der Waals surface area contributed by atoms with Gasteiger partial charge in [0.05, 0.1) is 6.54 Å². The number of amides is 1. The van der Waals surface area contributed by atoms with Crippen LogP contribution in [-0.4, -0.2) is 48.3 Å². The average Bonchev–Trinajstić information content (AvgIpc) is 2.85. The minimum atomic E-state index is -2.51. The van der Waals surface area contributed by atoms with E-state index in [1.54, 1.807) is 17.2 Å². The first kappa shape index (κ1) is 18.0. The normalized spacial score (nSPS) is 14.9. The second-order valence-electron chi connectivity index (χ2n) is 5.27. The molecule has 0 saturated carbocycles. The van der Waals surface area contributed by atoms with E-state index in [1.807, 2.05) is 13.0 Å². The first-order chi connectivity index (χ1) is 11.5. The number of allylic oxidation sites excluding steroid dienone is 1. The number of halogens is 2. The minimum absolute atomic E-state index is 0.108. The Labute approximate surface area is 139 Å². The van der Waals surface area contributed by atoms with Gasteiger partial charge in [-0.15, -0.1) is 0 Å². The first-order valence-electron chi connectivity index (χ1n) is 7.60. The van der Waals surface area contributed by atoms with Crippen molar-refractivity contribution in [3.8, 4) is 0 Å². The van der Waals surface area contributed by atoms with Gasteiger partial charge in [0.15, 0.2) is 0 Å². The van der Waals surface area contributed by atoms with Gasteiger partial charge in [0, 0.05) is 30.1 Å². The van der Waals surface area contributed by atoms with Crippen molar-refractivity contribution in [2.75, 3.05) is 25.6 Å². The van der Waals surface area contributed by atoms with Crippen molar-refractivity contribution in [1.29, 1.82) is 0 Å². The van der Waals surface area contributed by atoms with Crippen molar-refractivity contribution in [3.63, 3.8) is 0 Å². The van der Waals surface area contributed by atoms with Crippen LogP contribution in [0.25, 0.3) is 0 Å². The van der Waals surface area contributed by atoms with Crippen LogP contribution in [0.2, 0.25) is 0 Å². The fraction of sp³-hybridized carbons (Fsp3) is 0.438. The number of pyridine rings is 1. The van der Waals surface area contributed by atoms with E-state index in [0.717, 1.165) is 17.6 Å². The molecule has 0 saturated heterocycles. The summed E-state index contributed by atoms with van der Waals surface area (Å²) in [6.45, 7) is 1.93. The average molecular weight is 338 g/mol. The highest BCUT2D eigenvalue weighted by molar-refractivity contribution is 6.00. The summed E-state index contributed by atoms with van der Waals surface area (Å²) in [6, 6.07) is 1.66. The Balaban J connectivity index is 1.97. The quantitative estimate of drug-likeness (QED) is 0.582. The summed E-state index contributed by atoms with van der Waals surface area (Å²) < 4.78 is 28.6. The molecule has 0 spiro atoms. The number of alkyl halides is 2. The molecule has 6 nitrogen and oxygen atoms in total. The number of fused-ring (bicyclic) bond motifs is 1. The number of carbonyl (C=O) groups excluding carboxylic acids is 1. The van der Waals surface area contributed by atoms with Gasteiger partial charge in [0.1, 0.15) is 19.2 Å². The van der Waals surface area contributed by atoms with Crippen LogP contribution in [0.3, 0.4) is 0 Å². The molecule has 130 valence electrons. The third kappa shape index (κ3) is 4.58. The van der Waals surface area contributed by atoms with E-state index in [-0.39, 0.29) is 12.6 Å². The Morgan fingerprint density at radius 3 is 3.04 bits per heavy atom. The molecule has 0 fully saturated rings. The molecular formula is C16H20F2N4O2. The van der Waals surface area contributed by atoms with Gasteiger partial charge in [0.2, 0.25) is 0 Å². The zero-order chi connectivity index (χ0) is 17.5. The van der Waals surface area contributed by atoms with Crippen molar-refractivity contribution in [1.82, 2.24) is 9.88 Å².